The van der Waals surface area contributed by atoms with E-state index in [0.717, 1.165) is 58.0 Å². The molecule has 0 saturated heterocycles. The van der Waals surface area contributed by atoms with Crippen LogP contribution in [0.2, 0.25) is 0 Å². The van der Waals surface area contributed by atoms with Crippen LogP contribution in [0.3, 0.4) is 0 Å². The zero-order valence-electron chi connectivity index (χ0n) is 15.7. The van der Waals surface area contributed by atoms with Gasteiger partial charge in [-0.3, -0.25) is 0 Å². The van der Waals surface area contributed by atoms with Crippen molar-refractivity contribution in [3.63, 3.8) is 0 Å². The van der Waals surface area contributed by atoms with Crippen molar-refractivity contribution in [2.75, 3.05) is 24.6 Å². The lowest BCUT2D eigenvalue weighted by molar-refractivity contribution is 0.341. The number of imidazole rings is 2. The minimum absolute atomic E-state index is 0.219. The summed E-state index contributed by atoms with van der Waals surface area (Å²) in [6, 6.07) is 9.97. The van der Waals surface area contributed by atoms with Gasteiger partial charge in [0.15, 0.2) is 0 Å². The Bertz CT molecular complexity index is 1100. The van der Waals surface area contributed by atoms with Gasteiger partial charge < -0.3 is 24.6 Å². The van der Waals surface area contributed by atoms with Crippen LogP contribution in [0.5, 0.6) is 5.75 Å². The monoisotopic (exact) mass is 365 g/mol. The van der Waals surface area contributed by atoms with Crippen LogP contribution >= 0.6 is 0 Å². The quantitative estimate of drug-likeness (QED) is 0.486. The molecule has 140 valence electrons. The number of aromatic nitrogens is 4. The number of aromatic amines is 3. The van der Waals surface area contributed by atoms with Gasteiger partial charge in [-0.05, 0) is 45.0 Å². The molecule has 4 rings (SSSR count). The van der Waals surface area contributed by atoms with E-state index < -0.39 is 0 Å². The summed E-state index contributed by atoms with van der Waals surface area (Å²) in [5.74, 6) is 1.55. The second-order valence-corrected chi connectivity index (χ2v) is 6.37. The van der Waals surface area contributed by atoms with Crippen molar-refractivity contribution >= 4 is 27.8 Å². The molecule has 0 unspecified atom stereocenters. The summed E-state index contributed by atoms with van der Waals surface area (Å²) in [7, 11) is 0. The molecule has 0 amide bonds. The third-order valence-corrected chi connectivity index (χ3v) is 4.77. The van der Waals surface area contributed by atoms with E-state index in [1.807, 2.05) is 25.1 Å². The van der Waals surface area contributed by atoms with Gasteiger partial charge in [0.25, 0.3) is 0 Å². The Morgan fingerprint density at radius 1 is 0.963 bits per heavy atom. The van der Waals surface area contributed by atoms with E-state index in [9.17, 15) is 4.79 Å². The second kappa shape index (κ2) is 6.83. The molecule has 0 saturated carbocycles. The standard InChI is InChI=1S/C20H23N5O2/c1-4-25(5-2)12-7-8-13(18(9-12)27-6-3)19-21-14-10-16-17(11-15(14)22-19)24-20(26)23-16/h7-11H,4-6H2,1-3H3,(H,21,22)(H2,23,24,26). The molecule has 3 N–H and O–H groups in total. The Morgan fingerprint density at radius 2 is 1.70 bits per heavy atom. The van der Waals surface area contributed by atoms with Gasteiger partial charge in [0.05, 0.1) is 34.2 Å². The van der Waals surface area contributed by atoms with E-state index >= 15 is 0 Å². The zero-order chi connectivity index (χ0) is 19.0. The second-order valence-electron chi connectivity index (χ2n) is 6.37. The topological polar surface area (TPSA) is 89.8 Å². The molecule has 4 aromatic rings. The summed E-state index contributed by atoms with van der Waals surface area (Å²) >= 11 is 0. The number of H-pyrrole nitrogens is 3. The number of hydrogen-bond donors (Lipinski definition) is 3. The predicted octanol–water partition coefficient (Wildman–Crippen LogP) is 3.64. The maximum absolute atomic E-state index is 11.5. The summed E-state index contributed by atoms with van der Waals surface area (Å²) in [6.45, 7) is 8.73. The smallest absolute Gasteiger partial charge is 0.323 e. The van der Waals surface area contributed by atoms with Crippen LogP contribution in [0.1, 0.15) is 20.8 Å². The van der Waals surface area contributed by atoms with Crippen molar-refractivity contribution in [2.24, 2.45) is 0 Å². The van der Waals surface area contributed by atoms with Crippen LogP contribution in [0, 0.1) is 0 Å². The van der Waals surface area contributed by atoms with Crippen LogP contribution in [0.15, 0.2) is 35.1 Å². The Hall–Kier alpha value is -3.22. The van der Waals surface area contributed by atoms with Gasteiger partial charge in [-0.1, -0.05) is 0 Å². The number of nitrogens with zero attached hydrogens (tertiary/aromatic N) is 2. The maximum atomic E-state index is 11.5. The van der Waals surface area contributed by atoms with Crippen molar-refractivity contribution in [3.8, 4) is 17.1 Å². The summed E-state index contributed by atoms with van der Waals surface area (Å²) in [5.41, 5.74) is 4.99. The molecule has 27 heavy (non-hydrogen) atoms. The van der Waals surface area contributed by atoms with Gasteiger partial charge in [-0.2, -0.15) is 0 Å². The van der Waals surface area contributed by atoms with Gasteiger partial charge in [0, 0.05) is 24.8 Å². The number of fused-ring (bicyclic) bond motifs is 2. The van der Waals surface area contributed by atoms with Crippen LogP contribution in [0.4, 0.5) is 5.69 Å². The average Bonchev–Trinajstić information content (AvgIpc) is 3.22. The first-order valence-electron chi connectivity index (χ1n) is 9.26. The van der Waals surface area contributed by atoms with E-state index in [-0.39, 0.29) is 5.69 Å². The molecule has 0 bridgehead atoms. The first-order valence-corrected chi connectivity index (χ1v) is 9.26. The molecular weight excluding hydrogens is 342 g/mol. The summed E-state index contributed by atoms with van der Waals surface area (Å²) in [4.78, 5) is 27.4. The molecule has 0 radical (unpaired) electrons. The van der Waals surface area contributed by atoms with Crippen molar-refractivity contribution in [1.82, 2.24) is 19.9 Å². The fourth-order valence-electron chi connectivity index (χ4n) is 3.43. The SMILES string of the molecule is CCOc1cc(N(CC)CC)ccc1-c1nc2cc3[nH]c(=O)[nH]c3cc2[nH]1. The third kappa shape index (κ3) is 3.05. The highest BCUT2D eigenvalue weighted by Gasteiger charge is 2.14. The van der Waals surface area contributed by atoms with Crippen LogP contribution < -0.4 is 15.3 Å². The molecule has 0 atom stereocenters. The lowest BCUT2D eigenvalue weighted by Crippen LogP contribution is -2.21. The first-order chi connectivity index (χ1) is 13.1. The van der Waals surface area contributed by atoms with Crippen LogP contribution in [0.25, 0.3) is 33.5 Å². The number of benzene rings is 2. The van der Waals surface area contributed by atoms with E-state index in [1.54, 1.807) is 0 Å². The largest absolute Gasteiger partial charge is 0.493 e. The molecule has 0 fully saturated rings. The number of ether oxygens (including phenoxy) is 1. The van der Waals surface area contributed by atoms with Crippen molar-refractivity contribution in [2.45, 2.75) is 20.8 Å². The van der Waals surface area contributed by atoms with Gasteiger partial charge in [-0.25, -0.2) is 9.78 Å². The van der Waals surface area contributed by atoms with Crippen LogP contribution in [-0.2, 0) is 0 Å². The molecule has 0 aliphatic rings. The molecule has 0 spiro atoms. The minimum Gasteiger partial charge on any atom is -0.493 e. The number of nitrogens with one attached hydrogen (secondary N) is 3. The fourth-order valence-corrected chi connectivity index (χ4v) is 3.43. The molecule has 7 nitrogen and oxygen atoms in total. The first kappa shape index (κ1) is 17.2. The Balaban J connectivity index is 1.82. The normalized spacial score (nSPS) is 11.4. The lowest BCUT2D eigenvalue weighted by atomic mass is 10.1. The molecule has 7 heteroatoms. The maximum Gasteiger partial charge on any atom is 0.323 e. The highest BCUT2D eigenvalue weighted by molar-refractivity contribution is 5.92. The molecule has 2 heterocycles. The highest BCUT2D eigenvalue weighted by Crippen LogP contribution is 2.34. The molecule has 2 aromatic heterocycles. The third-order valence-electron chi connectivity index (χ3n) is 4.77. The highest BCUT2D eigenvalue weighted by atomic mass is 16.5. The van der Waals surface area contributed by atoms with Crippen LogP contribution in [-0.4, -0.2) is 39.6 Å². The van der Waals surface area contributed by atoms with E-state index in [1.165, 1.54) is 0 Å². The Kier molecular flexibility index (Phi) is 4.35. The van der Waals surface area contributed by atoms with Gasteiger partial charge in [0.2, 0.25) is 0 Å². The molecular formula is C20H23N5O2. The number of anilines is 1. The average molecular weight is 365 g/mol. The number of hydrogen-bond acceptors (Lipinski definition) is 4. The lowest BCUT2D eigenvalue weighted by Gasteiger charge is -2.22. The predicted molar refractivity (Wildman–Crippen MR) is 109 cm³/mol. The van der Waals surface area contributed by atoms with Crippen molar-refractivity contribution < 1.29 is 4.74 Å². The van der Waals surface area contributed by atoms with Crippen molar-refractivity contribution in [3.05, 3.63) is 40.8 Å². The molecule has 2 aromatic carbocycles. The molecule has 0 aliphatic carbocycles. The minimum atomic E-state index is -0.219. The zero-order valence-corrected chi connectivity index (χ0v) is 15.7. The summed E-state index contributed by atoms with van der Waals surface area (Å²) in [5, 5.41) is 0. The fraction of sp³-hybridized carbons (Fsp3) is 0.300. The van der Waals surface area contributed by atoms with Gasteiger partial charge in [-0.15, -0.1) is 0 Å². The summed E-state index contributed by atoms with van der Waals surface area (Å²) in [6.07, 6.45) is 0. The van der Waals surface area contributed by atoms with E-state index in [2.05, 4.69) is 45.8 Å². The number of rotatable bonds is 6. The molecule has 0 aliphatic heterocycles. The Morgan fingerprint density at radius 3 is 2.41 bits per heavy atom. The van der Waals surface area contributed by atoms with Crippen molar-refractivity contribution in [1.29, 1.82) is 0 Å². The summed E-state index contributed by atoms with van der Waals surface area (Å²) < 4.78 is 5.91. The Labute approximate surface area is 156 Å². The van der Waals surface area contributed by atoms with E-state index in [0.29, 0.717) is 6.61 Å². The van der Waals surface area contributed by atoms with Gasteiger partial charge in [0.1, 0.15) is 11.6 Å². The van der Waals surface area contributed by atoms with Gasteiger partial charge >= 0.3 is 5.69 Å². The van der Waals surface area contributed by atoms with E-state index in [4.69, 9.17) is 9.72 Å².